The first-order valence-electron chi connectivity index (χ1n) is 5.34. The number of rotatable bonds is 5. The van der Waals surface area contributed by atoms with E-state index in [1.807, 2.05) is 0 Å². The normalized spacial score (nSPS) is 15.4. The van der Waals surface area contributed by atoms with Gasteiger partial charge in [-0.3, -0.25) is 0 Å². The Bertz CT molecular complexity index is 520. The van der Waals surface area contributed by atoms with E-state index >= 15 is 0 Å². The molecule has 0 saturated carbocycles. The van der Waals surface area contributed by atoms with E-state index in [0.717, 1.165) is 12.1 Å². The molecule has 0 fully saturated rings. The Hall–Kier alpha value is -0.720. The van der Waals surface area contributed by atoms with Crippen molar-refractivity contribution in [2.45, 2.75) is 36.6 Å². The highest BCUT2D eigenvalue weighted by atomic mass is 35.5. The van der Waals surface area contributed by atoms with Gasteiger partial charge in [-0.15, -0.1) is 11.6 Å². The summed E-state index contributed by atoms with van der Waals surface area (Å²) in [7, 11) is -4.08. The van der Waals surface area contributed by atoms with Crippen molar-refractivity contribution >= 4 is 21.6 Å². The smallest absolute Gasteiger partial charge is 0.208 e. The van der Waals surface area contributed by atoms with Crippen molar-refractivity contribution in [1.29, 1.82) is 0 Å². The lowest BCUT2D eigenvalue weighted by Gasteiger charge is -2.15. The summed E-state index contributed by atoms with van der Waals surface area (Å²) in [5, 5.41) is -0.222. The van der Waals surface area contributed by atoms with Crippen LogP contribution in [0, 0.1) is 11.6 Å². The van der Waals surface area contributed by atoms with Gasteiger partial charge >= 0.3 is 0 Å². The lowest BCUT2D eigenvalue weighted by atomic mass is 10.2. The second-order valence-electron chi connectivity index (χ2n) is 4.11. The molecule has 2 unspecified atom stereocenters. The average molecular weight is 298 g/mol. The summed E-state index contributed by atoms with van der Waals surface area (Å²) in [6, 6.07) is 1.82. The number of halogens is 3. The first-order valence-corrected chi connectivity index (χ1v) is 7.26. The average Bonchev–Trinajstić information content (AvgIpc) is 2.19. The molecule has 102 valence electrons. The fraction of sp³-hybridized carbons (Fsp3) is 0.455. The van der Waals surface area contributed by atoms with Gasteiger partial charge in [0.25, 0.3) is 0 Å². The van der Waals surface area contributed by atoms with Gasteiger partial charge in [0, 0.05) is 11.4 Å². The summed E-state index contributed by atoms with van der Waals surface area (Å²) < 4.78 is 52.2. The molecule has 0 radical (unpaired) electrons. The van der Waals surface area contributed by atoms with Crippen molar-refractivity contribution in [3.05, 3.63) is 29.8 Å². The number of hydrogen-bond donors (Lipinski definition) is 1. The molecule has 1 N–H and O–H groups in total. The Morgan fingerprint density at radius 1 is 1.33 bits per heavy atom. The molecule has 0 saturated heterocycles. The summed E-state index contributed by atoms with van der Waals surface area (Å²) >= 11 is 5.74. The van der Waals surface area contributed by atoms with Crippen molar-refractivity contribution in [1.82, 2.24) is 4.72 Å². The Labute approximate surface area is 110 Å². The summed E-state index contributed by atoms with van der Waals surface area (Å²) in [5.41, 5.74) is 0. The summed E-state index contributed by atoms with van der Waals surface area (Å²) in [5.74, 6) is -1.80. The lowest BCUT2D eigenvalue weighted by molar-refractivity contribution is 0.526. The van der Waals surface area contributed by atoms with Crippen molar-refractivity contribution in [3.8, 4) is 0 Å². The van der Waals surface area contributed by atoms with Crippen LogP contribution in [0.3, 0.4) is 0 Å². The first-order chi connectivity index (χ1) is 8.22. The van der Waals surface area contributed by atoms with E-state index in [2.05, 4.69) is 4.72 Å². The minimum Gasteiger partial charge on any atom is -0.208 e. The van der Waals surface area contributed by atoms with E-state index in [4.69, 9.17) is 11.6 Å². The van der Waals surface area contributed by atoms with Crippen molar-refractivity contribution in [3.63, 3.8) is 0 Å². The molecule has 0 amide bonds. The van der Waals surface area contributed by atoms with Crippen LogP contribution in [0.4, 0.5) is 8.78 Å². The molecule has 0 spiro atoms. The molecule has 7 heteroatoms. The van der Waals surface area contributed by atoms with Crippen molar-refractivity contribution in [2.24, 2.45) is 0 Å². The predicted octanol–water partition coefficient (Wildman–Crippen LogP) is 2.65. The van der Waals surface area contributed by atoms with Crippen LogP contribution in [0.25, 0.3) is 0 Å². The molecule has 3 nitrogen and oxygen atoms in total. The van der Waals surface area contributed by atoms with Crippen molar-refractivity contribution in [2.75, 3.05) is 0 Å². The van der Waals surface area contributed by atoms with Crippen LogP contribution in [-0.4, -0.2) is 19.8 Å². The van der Waals surface area contributed by atoms with Gasteiger partial charge in [-0.05, 0) is 38.5 Å². The van der Waals surface area contributed by atoms with E-state index in [9.17, 15) is 17.2 Å². The van der Waals surface area contributed by atoms with Gasteiger partial charge in [-0.1, -0.05) is 0 Å². The number of hydrogen-bond acceptors (Lipinski definition) is 2. The Morgan fingerprint density at radius 2 is 1.94 bits per heavy atom. The maximum atomic E-state index is 13.4. The van der Waals surface area contributed by atoms with E-state index in [-0.39, 0.29) is 5.38 Å². The standard InChI is InChI=1S/C11H14ClF2NO2S/c1-7(12)5-8(2)15-18(16,17)11-6-9(13)3-4-10(11)14/h3-4,6-8,15H,5H2,1-2H3. The third-order valence-corrected chi connectivity index (χ3v) is 4.00. The molecular weight excluding hydrogens is 284 g/mol. The van der Waals surface area contributed by atoms with E-state index < -0.39 is 32.6 Å². The monoisotopic (exact) mass is 297 g/mol. The number of benzene rings is 1. The molecule has 0 heterocycles. The zero-order valence-corrected chi connectivity index (χ0v) is 11.5. The molecule has 0 aromatic heterocycles. The van der Waals surface area contributed by atoms with E-state index in [1.54, 1.807) is 13.8 Å². The molecule has 0 aliphatic rings. The fourth-order valence-electron chi connectivity index (χ4n) is 1.55. The first kappa shape index (κ1) is 15.3. The van der Waals surface area contributed by atoms with E-state index in [0.29, 0.717) is 12.5 Å². The van der Waals surface area contributed by atoms with E-state index in [1.165, 1.54) is 0 Å². The summed E-state index contributed by atoms with van der Waals surface area (Å²) in [4.78, 5) is -0.698. The zero-order chi connectivity index (χ0) is 13.9. The quantitative estimate of drug-likeness (QED) is 0.849. The Balaban J connectivity index is 2.96. The van der Waals surface area contributed by atoms with Crippen LogP contribution in [0.2, 0.25) is 0 Å². The predicted molar refractivity (Wildman–Crippen MR) is 66.1 cm³/mol. The third-order valence-electron chi connectivity index (χ3n) is 2.22. The molecule has 2 atom stereocenters. The molecule has 1 rings (SSSR count). The van der Waals surface area contributed by atoms with Crippen LogP contribution >= 0.6 is 11.6 Å². The molecular formula is C11H14ClF2NO2S. The van der Waals surface area contributed by atoms with Gasteiger partial charge in [-0.25, -0.2) is 21.9 Å². The zero-order valence-electron chi connectivity index (χ0n) is 9.95. The maximum Gasteiger partial charge on any atom is 0.243 e. The van der Waals surface area contributed by atoms with Crippen LogP contribution < -0.4 is 4.72 Å². The van der Waals surface area contributed by atoms with Gasteiger partial charge in [0.15, 0.2) is 0 Å². The molecule has 1 aromatic rings. The third kappa shape index (κ3) is 4.19. The minimum atomic E-state index is -4.08. The van der Waals surface area contributed by atoms with Crippen LogP contribution in [0.5, 0.6) is 0 Å². The summed E-state index contributed by atoms with van der Waals surface area (Å²) in [6.07, 6.45) is 0.387. The molecule has 1 aromatic carbocycles. The highest BCUT2D eigenvalue weighted by molar-refractivity contribution is 7.89. The van der Waals surface area contributed by atoms with Crippen molar-refractivity contribution < 1.29 is 17.2 Å². The minimum absolute atomic E-state index is 0.222. The maximum absolute atomic E-state index is 13.4. The fourth-order valence-corrected chi connectivity index (χ4v) is 3.16. The number of nitrogens with one attached hydrogen (secondary N) is 1. The number of alkyl halides is 1. The Kier molecular flexibility index (Phi) is 5.07. The summed E-state index contributed by atoms with van der Waals surface area (Å²) in [6.45, 7) is 3.32. The topological polar surface area (TPSA) is 46.2 Å². The van der Waals surface area contributed by atoms with Gasteiger partial charge in [0.05, 0.1) is 0 Å². The van der Waals surface area contributed by atoms with Gasteiger partial charge < -0.3 is 0 Å². The van der Waals surface area contributed by atoms with Crippen LogP contribution in [-0.2, 0) is 10.0 Å². The van der Waals surface area contributed by atoms with Gasteiger partial charge in [0.2, 0.25) is 10.0 Å². The highest BCUT2D eigenvalue weighted by Gasteiger charge is 2.22. The van der Waals surface area contributed by atoms with Crippen LogP contribution in [0.15, 0.2) is 23.1 Å². The SMILES string of the molecule is CC(Cl)CC(C)NS(=O)(=O)c1cc(F)ccc1F. The highest BCUT2D eigenvalue weighted by Crippen LogP contribution is 2.17. The Morgan fingerprint density at radius 3 is 2.50 bits per heavy atom. The molecule has 0 bridgehead atoms. The number of sulfonamides is 1. The molecule has 0 aliphatic heterocycles. The van der Waals surface area contributed by atoms with Crippen LogP contribution in [0.1, 0.15) is 20.3 Å². The second-order valence-corrected chi connectivity index (χ2v) is 6.54. The van der Waals surface area contributed by atoms with Gasteiger partial charge in [-0.2, -0.15) is 0 Å². The lowest BCUT2D eigenvalue weighted by Crippen LogP contribution is -2.34. The second kappa shape index (κ2) is 5.95. The molecule has 0 aliphatic carbocycles. The largest absolute Gasteiger partial charge is 0.243 e. The van der Waals surface area contributed by atoms with Gasteiger partial charge in [0.1, 0.15) is 16.5 Å². The molecule has 18 heavy (non-hydrogen) atoms.